The normalized spacial score (nSPS) is 9.93. The average Bonchev–Trinajstić information content (AvgIpc) is 2.68. The number of thiazole rings is 1. The lowest BCUT2D eigenvalue weighted by atomic mass is 10.4. The fraction of sp³-hybridized carbons (Fsp3) is 0.100. The molecule has 0 fully saturated rings. The molecule has 0 aliphatic carbocycles. The summed E-state index contributed by atoms with van der Waals surface area (Å²) in [5.74, 6) is -0.0194. The van der Waals surface area contributed by atoms with Crippen molar-refractivity contribution in [3.63, 3.8) is 0 Å². The Balaban J connectivity index is 2.15. The summed E-state index contributed by atoms with van der Waals surface area (Å²) in [7, 11) is 0. The van der Waals surface area contributed by atoms with Gasteiger partial charge in [-0.3, -0.25) is 9.78 Å². The van der Waals surface area contributed by atoms with E-state index >= 15 is 0 Å². The van der Waals surface area contributed by atoms with Crippen LogP contribution < -0.4 is 5.32 Å². The Bertz CT molecular complexity index is 467. The van der Waals surface area contributed by atoms with Gasteiger partial charge in [0.05, 0.1) is 0 Å². The van der Waals surface area contributed by atoms with Crippen LogP contribution in [0.2, 0.25) is 0 Å². The molecule has 2 heterocycles. The van der Waals surface area contributed by atoms with Gasteiger partial charge in [-0.05, 0) is 12.1 Å². The van der Waals surface area contributed by atoms with Gasteiger partial charge >= 0.3 is 0 Å². The first-order chi connectivity index (χ1) is 7.25. The Morgan fingerprint density at radius 2 is 2.13 bits per heavy atom. The van der Waals surface area contributed by atoms with Gasteiger partial charge in [-0.2, -0.15) is 0 Å². The van der Waals surface area contributed by atoms with E-state index in [1.807, 2.05) is 12.1 Å². The number of carbonyl (C=O) groups is 1. The summed E-state index contributed by atoms with van der Waals surface area (Å²) < 4.78 is 0. The Kier molecular flexibility index (Phi) is 2.73. The number of ketones is 1. The third-order valence-electron chi connectivity index (χ3n) is 1.80. The first kappa shape index (κ1) is 9.79. The Morgan fingerprint density at radius 3 is 2.73 bits per heavy atom. The standard InChI is InChI=1S/C10H9N3OS/c1-7(14)9-6-15-10(13-9)12-8-2-4-11-5-3-8/h2-6H,1H3,(H,11,12,13). The average molecular weight is 219 g/mol. The lowest BCUT2D eigenvalue weighted by molar-refractivity contribution is 0.101. The van der Waals surface area contributed by atoms with Crippen molar-refractivity contribution in [2.24, 2.45) is 0 Å². The van der Waals surface area contributed by atoms with E-state index in [0.717, 1.165) is 5.69 Å². The van der Waals surface area contributed by atoms with Crippen molar-refractivity contribution in [3.05, 3.63) is 35.6 Å². The molecule has 4 nitrogen and oxygen atoms in total. The molecular formula is C10H9N3OS. The first-order valence-electron chi connectivity index (χ1n) is 4.39. The molecule has 0 saturated heterocycles. The minimum Gasteiger partial charge on any atom is -0.331 e. The molecule has 2 aromatic heterocycles. The van der Waals surface area contributed by atoms with E-state index in [2.05, 4.69) is 15.3 Å². The number of anilines is 2. The van der Waals surface area contributed by atoms with E-state index in [9.17, 15) is 4.79 Å². The van der Waals surface area contributed by atoms with Crippen LogP contribution in [0.4, 0.5) is 10.8 Å². The Hall–Kier alpha value is -1.75. The highest BCUT2D eigenvalue weighted by atomic mass is 32.1. The predicted molar refractivity (Wildman–Crippen MR) is 59.6 cm³/mol. The quantitative estimate of drug-likeness (QED) is 0.806. The zero-order chi connectivity index (χ0) is 10.7. The largest absolute Gasteiger partial charge is 0.331 e. The summed E-state index contributed by atoms with van der Waals surface area (Å²) in [4.78, 5) is 19.1. The van der Waals surface area contributed by atoms with Crippen molar-refractivity contribution >= 4 is 27.9 Å². The fourth-order valence-electron chi connectivity index (χ4n) is 1.05. The van der Waals surface area contributed by atoms with Crippen molar-refractivity contribution < 1.29 is 4.79 Å². The number of Topliss-reactive ketones (excluding diaryl/α,β-unsaturated/α-hetero) is 1. The number of hydrogen-bond donors (Lipinski definition) is 1. The maximum absolute atomic E-state index is 11.0. The number of carbonyl (C=O) groups excluding carboxylic acids is 1. The minimum atomic E-state index is -0.0194. The van der Waals surface area contributed by atoms with Crippen LogP contribution in [0.25, 0.3) is 0 Å². The van der Waals surface area contributed by atoms with Crippen molar-refractivity contribution in [3.8, 4) is 0 Å². The minimum absolute atomic E-state index is 0.0194. The van der Waals surface area contributed by atoms with Crippen LogP contribution in [0.3, 0.4) is 0 Å². The van der Waals surface area contributed by atoms with Gasteiger partial charge in [0, 0.05) is 30.4 Å². The maximum atomic E-state index is 11.0. The van der Waals surface area contributed by atoms with E-state index < -0.39 is 0 Å². The van der Waals surface area contributed by atoms with Crippen molar-refractivity contribution in [2.45, 2.75) is 6.92 Å². The summed E-state index contributed by atoms with van der Waals surface area (Å²) >= 11 is 1.41. The second-order valence-electron chi connectivity index (χ2n) is 2.95. The molecule has 1 N–H and O–H groups in total. The van der Waals surface area contributed by atoms with Crippen LogP contribution in [0.1, 0.15) is 17.4 Å². The molecule has 2 rings (SSSR count). The molecule has 0 bridgehead atoms. The van der Waals surface area contributed by atoms with Gasteiger partial charge in [0.2, 0.25) is 0 Å². The number of hydrogen-bond acceptors (Lipinski definition) is 5. The first-order valence-corrected chi connectivity index (χ1v) is 5.27. The number of pyridine rings is 1. The molecule has 0 aliphatic heterocycles. The van der Waals surface area contributed by atoms with Crippen LogP contribution in [0, 0.1) is 0 Å². The molecule has 2 aromatic rings. The van der Waals surface area contributed by atoms with Crippen LogP contribution >= 0.6 is 11.3 Å². The molecule has 0 amide bonds. The van der Waals surface area contributed by atoms with Crippen LogP contribution in [-0.4, -0.2) is 15.8 Å². The fourth-order valence-corrected chi connectivity index (χ4v) is 1.82. The Morgan fingerprint density at radius 1 is 1.40 bits per heavy atom. The summed E-state index contributed by atoms with van der Waals surface area (Å²) in [6, 6.07) is 3.68. The van der Waals surface area contributed by atoms with Gasteiger partial charge in [-0.25, -0.2) is 4.98 Å². The van der Waals surface area contributed by atoms with Crippen LogP contribution in [0.15, 0.2) is 29.9 Å². The molecule has 0 saturated carbocycles. The van der Waals surface area contributed by atoms with Gasteiger partial charge in [-0.15, -0.1) is 11.3 Å². The SMILES string of the molecule is CC(=O)c1csc(Nc2ccncc2)n1. The molecule has 0 aromatic carbocycles. The number of rotatable bonds is 3. The summed E-state index contributed by atoms with van der Waals surface area (Å²) in [5.41, 5.74) is 1.41. The lowest BCUT2D eigenvalue weighted by Gasteiger charge is -1.99. The maximum Gasteiger partial charge on any atom is 0.187 e. The smallest absolute Gasteiger partial charge is 0.187 e. The second-order valence-corrected chi connectivity index (χ2v) is 3.81. The van der Waals surface area contributed by atoms with E-state index in [1.54, 1.807) is 17.8 Å². The van der Waals surface area contributed by atoms with Gasteiger partial charge in [0.1, 0.15) is 5.69 Å². The third kappa shape index (κ3) is 2.38. The third-order valence-corrected chi connectivity index (χ3v) is 2.55. The number of nitrogens with zero attached hydrogens (tertiary/aromatic N) is 2. The number of aromatic nitrogens is 2. The lowest BCUT2D eigenvalue weighted by Crippen LogP contribution is -1.94. The van der Waals surface area contributed by atoms with Crippen molar-refractivity contribution in [1.29, 1.82) is 0 Å². The zero-order valence-corrected chi connectivity index (χ0v) is 8.91. The molecular weight excluding hydrogens is 210 g/mol. The van der Waals surface area contributed by atoms with Gasteiger partial charge in [0.15, 0.2) is 10.9 Å². The van der Waals surface area contributed by atoms with E-state index in [-0.39, 0.29) is 5.78 Å². The zero-order valence-electron chi connectivity index (χ0n) is 8.10. The highest BCUT2D eigenvalue weighted by Crippen LogP contribution is 2.20. The predicted octanol–water partition coefficient (Wildman–Crippen LogP) is 2.48. The van der Waals surface area contributed by atoms with Gasteiger partial charge in [0.25, 0.3) is 0 Å². The topological polar surface area (TPSA) is 54.9 Å². The van der Waals surface area contributed by atoms with E-state index in [0.29, 0.717) is 10.8 Å². The highest BCUT2D eigenvalue weighted by Gasteiger charge is 2.05. The summed E-state index contributed by atoms with van der Waals surface area (Å²) in [6.45, 7) is 1.51. The van der Waals surface area contributed by atoms with Crippen LogP contribution in [0.5, 0.6) is 0 Å². The van der Waals surface area contributed by atoms with E-state index in [1.165, 1.54) is 18.3 Å². The van der Waals surface area contributed by atoms with E-state index in [4.69, 9.17) is 0 Å². The molecule has 76 valence electrons. The number of nitrogens with one attached hydrogen (secondary N) is 1. The molecule has 0 atom stereocenters. The monoisotopic (exact) mass is 219 g/mol. The van der Waals surface area contributed by atoms with Gasteiger partial charge < -0.3 is 5.32 Å². The highest BCUT2D eigenvalue weighted by molar-refractivity contribution is 7.14. The molecule has 0 aliphatic rings. The summed E-state index contributed by atoms with van der Waals surface area (Å²) in [6.07, 6.45) is 3.39. The van der Waals surface area contributed by atoms with Crippen molar-refractivity contribution in [1.82, 2.24) is 9.97 Å². The summed E-state index contributed by atoms with van der Waals surface area (Å²) in [5, 5.41) is 5.55. The van der Waals surface area contributed by atoms with Crippen LogP contribution in [-0.2, 0) is 0 Å². The molecule has 0 unspecified atom stereocenters. The second kappa shape index (κ2) is 4.18. The molecule has 5 heteroatoms. The Labute approximate surface area is 91.0 Å². The molecule has 15 heavy (non-hydrogen) atoms. The van der Waals surface area contributed by atoms with Gasteiger partial charge in [-0.1, -0.05) is 0 Å². The molecule has 0 spiro atoms. The van der Waals surface area contributed by atoms with Crippen molar-refractivity contribution in [2.75, 3.05) is 5.32 Å². The molecule has 0 radical (unpaired) electrons.